The van der Waals surface area contributed by atoms with Crippen LogP contribution in [0.5, 0.6) is 0 Å². The van der Waals surface area contributed by atoms with Crippen LogP contribution in [0.3, 0.4) is 0 Å². The summed E-state index contributed by atoms with van der Waals surface area (Å²) < 4.78 is 0. The molecule has 0 radical (unpaired) electrons. The van der Waals surface area contributed by atoms with Gasteiger partial charge in [-0.25, -0.2) is 0 Å². The van der Waals surface area contributed by atoms with Crippen LogP contribution in [0.4, 0.5) is 0 Å². The number of nitrogens with one attached hydrogen (secondary N) is 1. The highest BCUT2D eigenvalue weighted by atomic mass is 16.2. The first kappa shape index (κ1) is 23.7. The van der Waals surface area contributed by atoms with Crippen LogP contribution in [0.25, 0.3) is 0 Å². The van der Waals surface area contributed by atoms with Gasteiger partial charge in [0.05, 0.1) is 6.04 Å². The molecule has 1 saturated heterocycles. The highest BCUT2D eigenvalue weighted by molar-refractivity contribution is 5.94. The van der Waals surface area contributed by atoms with Gasteiger partial charge in [0.25, 0.3) is 0 Å². The molecule has 3 amide bonds. The Kier molecular flexibility index (Phi) is 5.79. The maximum Gasteiger partial charge on any atom is 0.243 e. The molecule has 2 aliphatic carbocycles. The molecule has 180 valence electrons. The summed E-state index contributed by atoms with van der Waals surface area (Å²) in [6, 6.07) is -0.250. The van der Waals surface area contributed by atoms with E-state index in [0.717, 1.165) is 30.4 Å². The lowest BCUT2D eigenvalue weighted by Crippen LogP contribution is -2.59. The molecule has 6 atom stereocenters. The van der Waals surface area contributed by atoms with Crippen LogP contribution in [0.1, 0.15) is 64.5 Å². The lowest BCUT2D eigenvalue weighted by atomic mass is 9.79. The van der Waals surface area contributed by atoms with Crippen LogP contribution in [0.15, 0.2) is 18.5 Å². The number of amides is 3. The molecule has 2 unspecified atom stereocenters. The number of carbonyl (C=O) groups is 3. The summed E-state index contributed by atoms with van der Waals surface area (Å²) in [6.07, 6.45) is 6.09. The molecule has 5 N–H and O–H groups in total. The smallest absolute Gasteiger partial charge is 0.243 e. The predicted octanol–water partition coefficient (Wildman–Crippen LogP) is 1.33. The fourth-order valence-electron chi connectivity index (χ4n) is 5.98. The molecule has 2 fully saturated rings. The zero-order valence-corrected chi connectivity index (χ0v) is 20.3. The van der Waals surface area contributed by atoms with Crippen LogP contribution >= 0.6 is 0 Å². The SMILES string of the molecule is CC(C)(C)[C@H](N)C(=O)N1C[C@H]2[C@@H]([C@H]1C(=O)NC(C(N)=O)C1CCCc3ccncc31)C2(C)C. The zero-order valence-electron chi connectivity index (χ0n) is 20.3. The third kappa shape index (κ3) is 4.03. The standard InChI is InChI=1S/C25H37N5O3/c1-24(2,3)20(26)23(33)30-12-16-17(25(16,4)5)19(30)22(32)29-18(21(27)31)14-8-6-7-13-9-10-28-11-15(13)14/h9-11,14,16-20H,6-8,12,26H2,1-5H3,(H2,27,31)(H,29,32)/t14?,16-,17-,18?,19-,20+/m0/s1. The van der Waals surface area contributed by atoms with Crippen molar-refractivity contribution in [3.63, 3.8) is 0 Å². The number of likely N-dealkylation sites (tertiary alicyclic amines) is 1. The summed E-state index contributed by atoms with van der Waals surface area (Å²) in [7, 11) is 0. The van der Waals surface area contributed by atoms with Gasteiger partial charge in [-0.2, -0.15) is 0 Å². The van der Waals surface area contributed by atoms with Crippen molar-refractivity contribution < 1.29 is 14.4 Å². The predicted molar refractivity (Wildman–Crippen MR) is 125 cm³/mol. The average Bonchev–Trinajstić information content (AvgIpc) is 3.10. The maximum atomic E-state index is 13.7. The van der Waals surface area contributed by atoms with Gasteiger partial charge < -0.3 is 21.7 Å². The van der Waals surface area contributed by atoms with Crippen molar-refractivity contribution in [1.82, 2.24) is 15.2 Å². The summed E-state index contributed by atoms with van der Waals surface area (Å²) in [5, 5.41) is 2.95. The van der Waals surface area contributed by atoms with Crippen LogP contribution in [0, 0.1) is 22.7 Å². The molecule has 0 aromatic carbocycles. The van der Waals surface area contributed by atoms with Crippen LogP contribution in [-0.2, 0) is 20.8 Å². The summed E-state index contributed by atoms with van der Waals surface area (Å²) in [5.74, 6) is -1.04. The Hall–Kier alpha value is -2.48. The first-order valence-electron chi connectivity index (χ1n) is 11.9. The van der Waals surface area contributed by atoms with E-state index >= 15 is 0 Å². The third-order valence-corrected chi connectivity index (χ3v) is 8.27. The van der Waals surface area contributed by atoms with Crippen molar-refractivity contribution in [2.75, 3.05) is 6.54 Å². The molecule has 1 aromatic rings. The van der Waals surface area contributed by atoms with Crippen LogP contribution < -0.4 is 16.8 Å². The van der Waals surface area contributed by atoms with E-state index in [-0.39, 0.29) is 35.0 Å². The number of nitrogens with zero attached hydrogens (tertiary/aromatic N) is 2. The molecule has 3 aliphatic rings. The monoisotopic (exact) mass is 455 g/mol. The van der Waals surface area contributed by atoms with E-state index in [2.05, 4.69) is 24.1 Å². The average molecular weight is 456 g/mol. The third-order valence-electron chi connectivity index (χ3n) is 8.27. The summed E-state index contributed by atoms with van der Waals surface area (Å²) in [5.41, 5.74) is 13.7. The number of fused-ring (bicyclic) bond motifs is 2. The van der Waals surface area contributed by atoms with Gasteiger partial charge in [0.1, 0.15) is 12.1 Å². The van der Waals surface area contributed by atoms with Gasteiger partial charge >= 0.3 is 0 Å². The van der Waals surface area contributed by atoms with E-state index in [1.165, 1.54) is 0 Å². The second kappa shape index (κ2) is 8.08. The molecular formula is C25H37N5O3. The Balaban J connectivity index is 1.59. The van der Waals surface area contributed by atoms with E-state index in [4.69, 9.17) is 11.5 Å². The minimum atomic E-state index is -0.852. The van der Waals surface area contributed by atoms with Gasteiger partial charge in [0.15, 0.2) is 0 Å². The van der Waals surface area contributed by atoms with Gasteiger partial charge in [0.2, 0.25) is 17.7 Å². The molecular weight excluding hydrogens is 418 g/mol. The highest BCUT2D eigenvalue weighted by Gasteiger charge is 2.69. The lowest BCUT2D eigenvalue weighted by molar-refractivity contribution is -0.143. The second-order valence-corrected chi connectivity index (χ2v) is 11.7. The molecule has 33 heavy (non-hydrogen) atoms. The van der Waals surface area contributed by atoms with Gasteiger partial charge in [-0.05, 0) is 59.1 Å². The number of carbonyl (C=O) groups excluding carboxylic acids is 3. The number of rotatable bonds is 5. The minimum Gasteiger partial charge on any atom is -0.368 e. The first-order chi connectivity index (χ1) is 15.4. The summed E-state index contributed by atoms with van der Waals surface area (Å²) in [4.78, 5) is 45.3. The Morgan fingerprint density at radius 2 is 1.97 bits per heavy atom. The number of hydrogen-bond donors (Lipinski definition) is 3. The summed E-state index contributed by atoms with van der Waals surface area (Å²) in [6.45, 7) is 10.5. The molecule has 1 aromatic heterocycles. The fourth-order valence-corrected chi connectivity index (χ4v) is 5.98. The highest BCUT2D eigenvalue weighted by Crippen LogP contribution is 2.65. The van der Waals surface area contributed by atoms with Crippen molar-refractivity contribution in [2.45, 2.75) is 77.9 Å². The lowest BCUT2D eigenvalue weighted by Gasteiger charge is -2.37. The molecule has 0 bridgehead atoms. The molecule has 4 rings (SSSR count). The maximum absolute atomic E-state index is 13.7. The number of nitrogens with two attached hydrogens (primary N) is 2. The second-order valence-electron chi connectivity index (χ2n) is 11.7. The Labute approximate surface area is 195 Å². The van der Waals surface area contributed by atoms with Gasteiger partial charge in [0, 0.05) is 24.9 Å². The van der Waals surface area contributed by atoms with E-state index in [1.54, 1.807) is 17.3 Å². The fraction of sp³-hybridized carbons (Fsp3) is 0.680. The number of aromatic nitrogens is 1. The van der Waals surface area contributed by atoms with E-state index in [9.17, 15) is 14.4 Å². The largest absolute Gasteiger partial charge is 0.368 e. The number of primary amides is 1. The zero-order chi connectivity index (χ0) is 24.3. The van der Waals surface area contributed by atoms with Crippen LogP contribution in [0.2, 0.25) is 0 Å². The number of aryl methyl sites for hydroxylation is 1. The normalized spacial score (nSPS) is 29.5. The molecule has 8 nitrogen and oxygen atoms in total. The first-order valence-corrected chi connectivity index (χ1v) is 11.9. The molecule has 8 heteroatoms. The van der Waals surface area contributed by atoms with Crippen molar-refractivity contribution in [3.8, 4) is 0 Å². The molecule has 1 aliphatic heterocycles. The number of pyridine rings is 1. The molecule has 0 spiro atoms. The minimum absolute atomic E-state index is 0.0335. The molecule has 2 heterocycles. The quantitative estimate of drug-likeness (QED) is 0.616. The van der Waals surface area contributed by atoms with E-state index in [1.807, 2.05) is 26.8 Å². The topological polar surface area (TPSA) is 131 Å². The Bertz CT molecular complexity index is 969. The van der Waals surface area contributed by atoms with Gasteiger partial charge in [-0.15, -0.1) is 0 Å². The number of hydrogen-bond acceptors (Lipinski definition) is 5. The van der Waals surface area contributed by atoms with Crippen molar-refractivity contribution >= 4 is 17.7 Å². The van der Waals surface area contributed by atoms with E-state index in [0.29, 0.717) is 6.54 Å². The Morgan fingerprint density at radius 1 is 1.27 bits per heavy atom. The number of piperidine rings is 1. The van der Waals surface area contributed by atoms with Crippen molar-refractivity contribution in [1.29, 1.82) is 0 Å². The van der Waals surface area contributed by atoms with Crippen molar-refractivity contribution in [3.05, 3.63) is 29.6 Å². The Morgan fingerprint density at radius 3 is 2.61 bits per heavy atom. The van der Waals surface area contributed by atoms with Crippen LogP contribution in [-0.4, -0.2) is 52.3 Å². The van der Waals surface area contributed by atoms with Gasteiger partial charge in [-0.1, -0.05) is 34.6 Å². The summed E-state index contributed by atoms with van der Waals surface area (Å²) >= 11 is 0. The van der Waals surface area contributed by atoms with E-state index < -0.39 is 29.4 Å². The van der Waals surface area contributed by atoms with Gasteiger partial charge in [-0.3, -0.25) is 19.4 Å². The van der Waals surface area contributed by atoms with Crippen molar-refractivity contribution in [2.24, 2.45) is 34.1 Å². The molecule has 1 saturated carbocycles.